The fourth-order valence-electron chi connectivity index (χ4n) is 1.73. The lowest BCUT2D eigenvalue weighted by Gasteiger charge is -2.20. The Morgan fingerprint density at radius 2 is 1.70 bits per heavy atom. The number of hydrogen-bond donors (Lipinski definition) is 0. The van der Waals surface area contributed by atoms with Gasteiger partial charge in [-0.3, -0.25) is 4.31 Å². The van der Waals surface area contributed by atoms with E-state index in [0.717, 1.165) is 15.9 Å². The molecule has 20 heavy (non-hydrogen) atoms. The van der Waals surface area contributed by atoms with Crippen LogP contribution in [0.5, 0.6) is 0 Å². The number of benzene rings is 2. The van der Waals surface area contributed by atoms with Gasteiger partial charge in [0.1, 0.15) is 10.7 Å². The lowest BCUT2D eigenvalue weighted by atomic mass is 10.2. The molecule has 0 saturated heterocycles. The Morgan fingerprint density at radius 3 is 2.25 bits per heavy atom. The van der Waals surface area contributed by atoms with E-state index in [1.165, 1.54) is 19.2 Å². The first kappa shape index (κ1) is 15.0. The summed E-state index contributed by atoms with van der Waals surface area (Å²) in [6.45, 7) is 1.91. The molecule has 106 valence electrons. The Labute approximate surface area is 126 Å². The van der Waals surface area contributed by atoms with Gasteiger partial charge in [-0.25, -0.2) is 12.8 Å². The van der Waals surface area contributed by atoms with Crippen molar-refractivity contribution < 1.29 is 12.8 Å². The minimum Gasteiger partial charge on any atom is -0.269 e. The molecule has 0 unspecified atom stereocenters. The van der Waals surface area contributed by atoms with Crippen molar-refractivity contribution in [3.8, 4) is 0 Å². The Kier molecular flexibility index (Phi) is 4.15. The minimum absolute atomic E-state index is 0.344. The van der Waals surface area contributed by atoms with E-state index in [9.17, 15) is 12.8 Å². The first-order valence-electron chi connectivity index (χ1n) is 5.83. The van der Waals surface area contributed by atoms with E-state index >= 15 is 0 Å². The summed E-state index contributed by atoms with van der Waals surface area (Å²) in [6.07, 6.45) is 0. The molecule has 0 fully saturated rings. The van der Waals surface area contributed by atoms with Crippen molar-refractivity contribution in [3.63, 3.8) is 0 Å². The average molecular weight is 358 g/mol. The van der Waals surface area contributed by atoms with Gasteiger partial charge in [0.15, 0.2) is 0 Å². The van der Waals surface area contributed by atoms with Crippen LogP contribution in [0, 0.1) is 12.7 Å². The van der Waals surface area contributed by atoms with E-state index in [1.54, 1.807) is 24.3 Å². The molecule has 0 aliphatic rings. The Morgan fingerprint density at radius 1 is 1.10 bits per heavy atom. The maximum Gasteiger partial charge on any atom is 0.266 e. The largest absolute Gasteiger partial charge is 0.269 e. The third kappa shape index (κ3) is 2.86. The number of aryl methyl sites for hydroxylation is 1. The molecule has 0 saturated carbocycles. The van der Waals surface area contributed by atoms with E-state index in [1.807, 2.05) is 6.92 Å². The molecule has 0 aliphatic carbocycles. The van der Waals surface area contributed by atoms with Crippen molar-refractivity contribution >= 4 is 31.6 Å². The van der Waals surface area contributed by atoms with Gasteiger partial charge in [0.05, 0.1) is 5.69 Å². The SMILES string of the molecule is Cc1ccc(N(C)S(=O)(=O)c2ccc(Br)cc2F)cc1. The topological polar surface area (TPSA) is 37.4 Å². The molecule has 0 radical (unpaired) electrons. The third-order valence-corrected chi connectivity index (χ3v) is 5.24. The molecule has 2 aromatic rings. The second kappa shape index (κ2) is 5.54. The van der Waals surface area contributed by atoms with Crippen molar-refractivity contribution in [1.29, 1.82) is 0 Å². The van der Waals surface area contributed by atoms with Crippen LogP contribution < -0.4 is 4.31 Å². The van der Waals surface area contributed by atoms with Crippen LogP contribution >= 0.6 is 15.9 Å². The number of rotatable bonds is 3. The lowest BCUT2D eigenvalue weighted by Crippen LogP contribution is -2.27. The first-order chi connectivity index (χ1) is 9.32. The average Bonchev–Trinajstić information content (AvgIpc) is 2.38. The number of anilines is 1. The molecule has 0 amide bonds. The summed E-state index contributed by atoms with van der Waals surface area (Å²) in [5.74, 6) is -0.779. The summed E-state index contributed by atoms with van der Waals surface area (Å²) in [4.78, 5) is -0.344. The van der Waals surface area contributed by atoms with Gasteiger partial charge >= 0.3 is 0 Å². The van der Waals surface area contributed by atoms with Crippen molar-refractivity contribution in [3.05, 3.63) is 58.3 Å². The van der Waals surface area contributed by atoms with Crippen LogP contribution in [0.15, 0.2) is 51.8 Å². The van der Waals surface area contributed by atoms with Crippen LogP contribution in [0.2, 0.25) is 0 Å². The molecule has 2 rings (SSSR count). The third-order valence-electron chi connectivity index (χ3n) is 2.93. The number of hydrogen-bond acceptors (Lipinski definition) is 2. The van der Waals surface area contributed by atoms with E-state index in [2.05, 4.69) is 15.9 Å². The second-order valence-electron chi connectivity index (χ2n) is 4.38. The maximum atomic E-state index is 13.9. The highest BCUT2D eigenvalue weighted by atomic mass is 79.9. The van der Waals surface area contributed by atoms with Gasteiger partial charge in [-0.2, -0.15) is 0 Å². The Bertz CT molecular complexity index is 729. The number of nitrogens with zero attached hydrogens (tertiary/aromatic N) is 1. The van der Waals surface area contributed by atoms with Gasteiger partial charge in [-0.15, -0.1) is 0 Å². The normalized spacial score (nSPS) is 11.4. The molecule has 2 aromatic carbocycles. The Balaban J connectivity index is 2.46. The minimum atomic E-state index is -3.91. The smallest absolute Gasteiger partial charge is 0.266 e. The van der Waals surface area contributed by atoms with Gasteiger partial charge < -0.3 is 0 Å². The summed E-state index contributed by atoms with van der Waals surface area (Å²) < 4.78 is 40.3. The fourth-order valence-corrected chi connectivity index (χ4v) is 3.30. The van der Waals surface area contributed by atoms with Crippen LogP contribution in [-0.4, -0.2) is 15.5 Å². The van der Waals surface area contributed by atoms with Gasteiger partial charge in [0, 0.05) is 11.5 Å². The van der Waals surface area contributed by atoms with Gasteiger partial charge in [-0.05, 0) is 37.3 Å². The highest BCUT2D eigenvalue weighted by Gasteiger charge is 2.24. The molecule has 0 N–H and O–H groups in total. The summed E-state index contributed by atoms with van der Waals surface area (Å²) >= 11 is 3.10. The lowest BCUT2D eigenvalue weighted by molar-refractivity contribution is 0.565. The molecular weight excluding hydrogens is 345 g/mol. The van der Waals surface area contributed by atoms with Crippen LogP contribution in [-0.2, 0) is 10.0 Å². The van der Waals surface area contributed by atoms with Gasteiger partial charge in [0.2, 0.25) is 0 Å². The highest BCUT2D eigenvalue weighted by molar-refractivity contribution is 9.10. The van der Waals surface area contributed by atoms with Gasteiger partial charge in [0.25, 0.3) is 10.0 Å². The van der Waals surface area contributed by atoms with Crippen LogP contribution in [0.3, 0.4) is 0 Å². The van der Waals surface area contributed by atoms with Gasteiger partial charge in [-0.1, -0.05) is 33.6 Å². The maximum absolute atomic E-state index is 13.9. The molecule has 0 heterocycles. The highest BCUT2D eigenvalue weighted by Crippen LogP contribution is 2.25. The van der Waals surface area contributed by atoms with Crippen molar-refractivity contribution in [2.24, 2.45) is 0 Å². The van der Waals surface area contributed by atoms with Crippen molar-refractivity contribution in [2.75, 3.05) is 11.4 Å². The summed E-state index contributed by atoms with van der Waals surface area (Å²) in [5.41, 5.74) is 1.51. The molecule has 0 aromatic heterocycles. The zero-order valence-corrected chi connectivity index (χ0v) is 13.4. The number of halogens is 2. The summed E-state index contributed by atoms with van der Waals surface area (Å²) in [7, 11) is -2.51. The van der Waals surface area contributed by atoms with Crippen LogP contribution in [0.1, 0.15) is 5.56 Å². The monoisotopic (exact) mass is 357 g/mol. The molecular formula is C14H13BrFNO2S. The molecule has 0 atom stereocenters. The van der Waals surface area contributed by atoms with Crippen LogP contribution in [0.4, 0.5) is 10.1 Å². The fraction of sp³-hybridized carbons (Fsp3) is 0.143. The predicted molar refractivity (Wildman–Crippen MR) is 80.9 cm³/mol. The van der Waals surface area contributed by atoms with Crippen molar-refractivity contribution in [2.45, 2.75) is 11.8 Å². The quantitative estimate of drug-likeness (QED) is 0.839. The summed E-state index contributed by atoms with van der Waals surface area (Å²) in [5, 5.41) is 0. The molecule has 3 nitrogen and oxygen atoms in total. The van der Waals surface area contributed by atoms with Crippen LogP contribution in [0.25, 0.3) is 0 Å². The summed E-state index contributed by atoms with van der Waals surface area (Å²) in [6, 6.07) is 10.9. The van der Waals surface area contributed by atoms with E-state index in [4.69, 9.17) is 0 Å². The standard InChI is InChI=1S/C14H13BrFNO2S/c1-10-3-6-12(7-4-10)17(2)20(18,19)14-8-5-11(15)9-13(14)16/h3-9H,1-2H3. The Hall–Kier alpha value is -1.40. The van der Waals surface area contributed by atoms with E-state index < -0.39 is 15.8 Å². The van der Waals surface area contributed by atoms with Crippen molar-refractivity contribution in [1.82, 2.24) is 0 Å². The number of sulfonamides is 1. The second-order valence-corrected chi connectivity index (χ2v) is 7.24. The van der Waals surface area contributed by atoms with E-state index in [0.29, 0.717) is 10.2 Å². The molecule has 0 aliphatic heterocycles. The first-order valence-corrected chi connectivity index (χ1v) is 8.06. The molecule has 0 bridgehead atoms. The molecule has 6 heteroatoms. The zero-order valence-electron chi connectivity index (χ0n) is 11.0. The zero-order chi connectivity index (χ0) is 14.9. The van der Waals surface area contributed by atoms with E-state index in [-0.39, 0.29) is 4.90 Å². The predicted octanol–water partition coefficient (Wildman–Crippen LogP) is 3.72. The molecule has 0 spiro atoms.